The number of nitrogens with one attached hydrogen (secondary N) is 1. The standard InChI is InChI=1S/C15H19N3O/c1-3-5-18(4-2)10-11-6-12(8-16)14-9-17-15(19)13(14)7-11/h6-7H,3-5,9-10H2,1-2H3,(H,17,19). The number of carbonyl (C=O) groups excluding carboxylic acids is 1. The molecule has 1 aliphatic heterocycles. The Balaban J connectivity index is 2.30. The van der Waals surface area contributed by atoms with Crippen LogP contribution in [0, 0.1) is 11.3 Å². The minimum absolute atomic E-state index is 0.0631. The average molecular weight is 257 g/mol. The van der Waals surface area contributed by atoms with Gasteiger partial charge in [-0.2, -0.15) is 5.26 Å². The Morgan fingerprint density at radius 2 is 2.21 bits per heavy atom. The minimum atomic E-state index is -0.0631. The predicted molar refractivity (Wildman–Crippen MR) is 73.6 cm³/mol. The third kappa shape index (κ3) is 2.77. The van der Waals surface area contributed by atoms with E-state index in [1.165, 1.54) is 0 Å². The molecule has 4 nitrogen and oxygen atoms in total. The lowest BCUT2D eigenvalue weighted by Crippen LogP contribution is -2.23. The zero-order valence-electron chi connectivity index (χ0n) is 11.5. The number of hydrogen-bond donors (Lipinski definition) is 1. The largest absolute Gasteiger partial charge is 0.348 e. The highest BCUT2D eigenvalue weighted by Crippen LogP contribution is 2.22. The summed E-state index contributed by atoms with van der Waals surface area (Å²) < 4.78 is 0. The van der Waals surface area contributed by atoms with E-state index in [4.69, 9.17) is 0 Å². The van der Waals surface area contributed by atoms with E-state index in [0.29, 0.717) is 17.7 Å². The summed E-state index contributed by atoms with van der Waals surface area (Å²) in [6, 6.07) is 6.04. The van der Waals surface area contributed by atoms with Crippen molar-refractivity contribution in [3.05, 3.63) is 34.4 Å². The third-order valence-corrected chi connectivity index (χ3v) is 3.49. The van der Waals surface area contributed by atoms with E-state index in [0.717, 1.165) is 37.2 Å². The molecule has 0 spiro atoms. The van der Waals surface area contributed by atoms with E-state index in [9.17, 15) is 10.1 Å². The molecule has 0 aliphatic carbocycles. The molecular formula is C15H19N3O. The van der Waals surface area contributed by atoms with Crippen LogP contribution < -0.4 is 5.32 Å². The molecule has 0 aromatic heterocycles. The number of amides is 1. The number of benzene rings is 1. The highest BCUT2D eigenvalue weighted by molar-refractivity contribution is 5.99. The molecule has 4 heteroatoms. The molecule has 0 bridgehead atoms. The number of nitrogens with zero attached hydrogens (tertiary/aromatic N) is 2. The topological polar surface area (TPSA) is 56.1 Å². The Kier molecular flexibility index (Phi) is 4.18. The van der Waals surface area contributed by atoms with Crippen molar-refractivity contribution in [3.63, 3.8) is 0 Å². The maximum Gasteiger partial charge on any atom is 0.251 e. The van der Waals surface area contributed by atoms with Gasteiger partial charge in [-0.25, -0.2) is 0 Å². The second-order valence-electron chi connectivity index (χ2n) is 4.83. The van der Waals surface area contributed by atoms with Gasteiger partial charge < -0.3 is 5.32 Å². The molecule has 1 heterocycles. The van der Waals surface area contributed by atoms with E-state index in [2.05, 4.69) is 30.1 Å². The van der Waals surface area contributed by atoms with Gasteiger partial charge in [0.1, 0.15) is 0 Å². The summed E-state index contributed by atoms with van der Waals surface area (Å²) in [5.41, 5.74) is 3.18. The van der Waals surface area contributed by atoms with Crippen LogP contribution in [0.5, 0.6) is 0 Å². The van der Waals surface area contributed by atoms with Crippen LogP contribution in [0.15, 0.2) is 12.1 Å². The van der Waals surface area contributed by atoms with Gasteiger partial charge in [0.15, 0.2) is 0 Å². The fourth-order valence-corrected chi connectivity index (χ4v) is 2.50. The summed E-state index contributed by atoms with van der Waals surface area (Å²) in [7, 11) is 0. The second-order valence-corrected chi connectivity index (χ2v) is 4.83. The molecule has 1 aromatic rings. The average Bonchev–Trinajstić information content (AvgIpc) is 2.79. The fraction of sp³-hybridized carbons (Fsp3) is 0.467. The maximum absolute atomic E-state index is 11.7. The van der Waals surface area contributed by atoms with Crippen LogP contribution in [0.4, 0.5) is 0 Å². The molecule has 0 atom stereocenters. The first-order valence-corrected chi connectivity index (χ1v) is 6.76. The minimum Gasteiger partial charge on any atom is -0.348 e. The van der Waals surface area contributed by atoms with E-state index >= 15 is 0 Å². The lowest BCUT2D eigenvalue weighted by molar-refractivity contribution is 0.0965. The van der Waals surface area contributed by atoms with Crippen LogP contribution in [0.1, 0.15) is 47.3 Å². The van der Waals surface area contributed by atoms with Crippen molar-refractivity contribution in [3.8, 4) is 6.07 Å². The number of fused-ring (bicyclic) bond motifs is 1. The second kappa shape index (κ2) is 5.85. The smallest absolute Gasteiger partial charge is 0.251 e. The Hall–Kier alpha value is -1.86. The molecule has 1 amide bonds. The van der Waals surface area contributed by atoms with Gasteiger partial charge in [-0.3, -0.25) is 9.69 Å². The van der Waals surface area contributed by atoms with Gasteiger partial charge in [0.2, 0.25) is 0 Å². The van der Waals surface area contributed by atoms with Crippen molar-refractivity contribution in [1.29, 1.82) is 5.26 Å². The number of rotatable bonds is 5. The summed E-state index contributed by atoms with van der Waals surface area (Å²) >= 11 is 0. The molecule has 0 unspecified atom stereocenters. The molecule has 1 N–H and O–H groups in total. The lowest BCUT2D eigenvalue weighted by atomic mass is 10.00. The van der Waals surface area contributed by atoms with Crippen LogP contribution in [-0.4, -0.2) is 23.9 Å². The fourth-order valence-electron chi connectivity index (χ4n) is 2.50. The lowest BCUT2D eigenvalue weighted by Gasteiger charge is -2.20. The first-order chi connectivity index (χ1) is 9.19. The molecular weight excluding hydrogens is 238 g/mol. The van der Waals surface area contributed by atoms with E-state index in [1.54, 1.807) is 0 Å². The van der Waals surface area contributed by atoms with Crippen LogP contribution in [0.3, 0.4) is 0 Å². The Bertz CT molecular complexity index is 531. The third-order valence-electron chi connectivity index (χ3n) is 3.49. The van der Waals surface area contributed by atoms with Crippen molar-refractivity contribution in [1.82, 2.24) is 10.2 Å². The van der Waals surface area contributed by atoms with E-state index in [1.807, 2.05) is 12.1 Å². The molecule has 0 radical (unpaired) electrons. The molecule has 1 aliphatic rings. The van der Waals surface area contributed by atoms with Gasteiger partial charge in [0.25, 0.3) is 5.91 Å². The molecule has 2 rings (SSSR count). The van der Waals surface area contributed by atoms with Crippen molar-refractivity contribution in [2.24, 2.45) is 0 Å². The SMILES string of the molecule is CCCN(CC)Cc1cc(C#N)c2c(c1)C(=O)NC2. The molecule has 19 heavy (non-hydrogen) atoms. The molecule has 0 saturated heterocycles. The summed E-state index contributed by atoms with van der Waals surface area (Å²) in [6.45, 7) is 7.55. The van der Waals surface area contributed by atoms with Crippen molar-refractivity contribution in [2.75, 3.05) is 13.1 Å². The molecule has 100 valence electrons. The normalized spacial score (nSPS) is 13.3. The van der Waals surface area contributed by atoms with Crippen LogP contribution in [-0.2, 0) is 13.1 Å². The summed E-state index contributed by atoms with van der Waals surface area (Å²) in [4.78, 5) is 14.0. The van der Waals surface area contributed by atoms with Crippen molar-refractivity contribution < 1.29 is 4.79 Å². The summed E-state index contributed by atoms with van der Waals surface area (Å²) in [5.74, 6) is -0.0631. The number of nitriles is 1. The molecule has 1 aromatic carbocycles. The quantitative estimate of drug-likeness (QED) is 0.878. The zero-order valence-corrected chi connectivity index (χ0v) is 11.5. The number of hydrogen-bond acceptors (Lipinski definition) is 3. The van der Waals surface area contributed by atoms with Gasteiger partial charge in [-0.15, -0.1) is 0 Å². The highest BCUT2D eigenvalue weighted by Gasteiger charge is 2.23. The maximum atomic E-state index is 11.7. The zero-order chi connectivity index (χ0) is 13.8. The van der Waals surface area contributed by atoms with Crippen LogP contribution >= 0.6 is 0 Å². The van der Waals surface area contributed by atoms with Gasteiger partial charge in [-0.1, -0.05) is 13.8 Å². The van der Waals surface area contributed by atoms with Crippen LogP contribution in [0.25, 0.3) is 0 Å². The Morgan fingerprint density at radius 3 is 2.84 bits per heavy atom. The molecule has 0 fully saturated rings. The van der Waals surface area contributed by atoms with Gasteiger partial charge in [0.05, 0.1) is 11.6 Å². The number of carbonyl (C=O) groups is 1. The highest BCUT2D eigenvalue weighted by atomic mass is 16.1. The first kappa shape index (κ1) is 13.6. The summed E-state index contributed by atoms with van der Waals surface area (Å²) in [5, 5.41) is 12.0. The first-order valence-electron chi connectivity index (χ1n) is 6.76. The van der Waals surface area contributed by atoms with Gasteiger partial charge >= 0.3 is 0 Å². The van der Waals surface area contributed by atoms with Crippen molar-refractivity contribution >= 4 is 5.91 Å². The van der Waals surface area contributed by atoms with Crippen LogP contribution in [0.2, 0.25) is 0 Å². The van der Waals surface area contributed by atoms with E-state index in [-0.39, 0.29) is 5.91 Å². The predicted octanol–water partition coefficient (Wildman–Crippen LogP) is 2.03. The van der Waals surface area contributed by atoms with Crippen molar-refractivity contribution in [2.45, 2.75) is 33.4 Å². The van der Waals surface area contributed by atoms with Gasteiger partial charge in [0, 0.05) is 24.2 Å². The Labute approximate surface area is 114 Å². The summed E-state index contributed by atoms with van der Waals surface area (Å²) in [6.07, 6.45) is 1.10. The monoisotopic (exact) mass is 257 g/mol. The van der Waals surface area contributed by atoms with Gasteiger partial charge in [-0.05, 0) is 37.2 Å². The Morgan fingerprint density at radius 1 is 1.42 bits per heavy atom. The molecule has 0 saturated carbocycles. The van der Waals surface area contributed by atoms with E-state index < -0.39 is 0 Å².